The molecule has 318 valence electrons. The standard InChI is InChI=1S/C46H55N11O4/c1-28-20-33(49-38-9-11-42(58)51-44(38)60)6-10-40(28)56-14-12-34(13-15-56)54-16-18-55(19-17-54)35-7-8-37-41(24-35)57-26-30-4-5-31(22-30)27-61-45-36(25-47-53(45)3)39-23-32(21-29(2)48-39)43(59)52-46(57)50-37/h6-8,10,20-21,23-25,30-31,34,38,49H,4-5,9,11-19,22,26-27H2,1-3H3,(H,50,52,59)(H,51,58,60)/t30-,31+,38?/m1/s1. The number of hydrogen-bond acceptors (Lipinski definition) is 11. The molecular formula is C46H55N11O4. The van der Waals surface area contributed by atoms with Crippen LogP contribution in [-0.4, -0.2) is 105 Å². The average Bonchev–Trinajstić information content (AvgIpc) is 3.97. The minimum Gasteiger partial charge on any atom is -0.477 e. The van der Waals surface area contributed by atoms with E-state index in [0.717, 1.165) is 106 Å². The van der Waals surface area contributed by atoms with Crippen molar-refractivity contribution < 1.29 is 19.1 Å². The van der Waals surface area contributed by atoms with E-state index in [1.165, 1.54) is 16.9 Å². The molecule has 0 radical (unpaired) electrons. The number of carbonyl (C=O) groups is 3. The molecule has 0 spiro atoms. The van der Waals surface area contributed by atoms with Crippen molar-refractivity contribution in [2.75, 3.05) is 66.3 Å². The quantitative estimate of drug-likeness (QED) is 0.192. The van der Waals surface area contributed by atoms with Gasteiger partial charge in [-0.3, -0.25) is 34.9 Å². The number of pyridine rings is 1. The molecule has 10 rings (SSSR count). The lowest BCUT2D eigenvalue weighted by atomic mass is 10.00. The van der Waals surface area contributed by atoms with E-state index < -0.39 is 0 Å². The van der Waals surface area contributed by atoms with Crippen LogP contribution in [0.1, 0.15) is 66.6 Å². The van der Waals surface area contributed by atoms with Crippen molar-refractivity contribution in [1.29, 1.82) is 0 Å². The summed E-state index contributed by atoms with van der Waals surface area (Å²) in [7, 11) is 1.88. The van der Waals surface area contributed by atoms with E-state index in [9.17, 15) is 14.4 Å². The zero-order chi connectivity index (χ0) is 41.8. The summed E-state index contributed by atoms with van der Waals surface area (Å²) < 4.78 is 10.4. The number of carbonyl (C=O) groups excluding carboxylic acids is 3. The molecular weight excluding hydrogens is 771 g/mol. The van der Waals surface area contributed by atoms with Gasteiger partial charge in [0.1, 0.15) is 6.04 Å². The number of amides is 3. The lowest BCUT2D eigenvalue weighted by molar-refractivity contribution is -0.133. The maximum atomic E-state index is 14.0. The minimum atomic E-state index is -0.387. The number of hydrogen-bond donors (Lipinski definition) is 3. The Balaban J connectivity index is 0.808. The summed E-state index contributed by atoms with van der Waals surface area (Å²) in [5.41, 5.74) is 9.15. The van der Waals surface area contributed by atoms with E-state index in [4.69, 9.17) is 14.7 Å². The van der Waals surface area contributed by atoms with Crippen molar-refractivity contribution >= 4 is 51.8 Å². The molecule has 7 heterocycles. The first-order chi connectivity index (χ1) is 29.6. The lowest BCUT2D eigenvalue weighted by Crippen LogP contribution is -2.53. The van der Waals surface area contributed by atoms with Crippen LogP contribution in [0.2, 0.25) is 0 Å². The highest BCUT2D eigenvalue weighted by molar-refractivity contribution is 6.05. The monoisotopic (exact) mass is 825 g/mol. The van der Waals surface area contributed by atoms with Crippen LogP contribution in [-0.2, 0) is 23.2 Å². The van der Waals surface area contributed by atoms with Crippen molar-refractivity contribution in [2.45, 2.75) is 77.4 Å². The van der Waals surface area contributed by atoms with Crippen LogP contribution in [0.25, 0.3) is 22.3 Å². The summed E-state index contributed by atoms with van der Waals surface area (Å²) in [5, 5.41) is 13.4. The molecule has 5 aliphatic rings. The van der Waals surface area contributed by atoms with Crippen LogP contribution in [0, 0.1) is 25.7 Å². The Morgan fingerprint density at radius 2 is 1.64 bits per heavy atom. The van der Waals surface area contributed by atoms with E-state index in [2.05, 4.69) is 83.6 Å². The molecule has 1 aliphatic carbocycles. The van der Waals surface area contributed by atoms with Gasteiger partial charge in [-0.1, -0.05) is 0 Å². The highest BCUT2D eigenvalue weighted by atomic mass is 16.5. The number of fused-ring (bicyclic) bond motifs is 9. The van der Waals surface area contributed by atoms with Crippen molar-refractivity contribution in [3.05, 3.63) is 71.5 Å². The van der Waals surface area contributed by atoms with E-state index in [1.807, 2.05) is 26.1 Å². The van der Waals surface area contributed by atoms with Gasteiger partial charge in [0.2, 0.25) is 23.6 Å². The molecule has 15 heteroatoms. The molecule has 5 aromatic rings. The molecule has 61 heavy (non-hydrogen) atoms. The van der Waals surface area contributed by atoms with Crippen molar-refractivity contribution in [2.24, 2.45) is 18.9 Å². The zero-order valence-corrected chi connectivity index (χ0v) is 35.3. The van der Waals surface area contributed by atoms with Crippen LogP contribution in [0.5, 0.6) is 5.88 Å². The van der Waals surface area contributed by atoms with Crippen LogP contribution >= 0.6 is 0 Å². The molecule has 1 unspecified atom stereocenters. The summed E-state index contributed by atoms with van der Waals surface area (Å²) in [4.78, 5) is 55.3. The van der Waals surface area contributed by atoms with E-state index >= 15 is 0 Å². The molecule has 4 fully saturated rings. The molecule has 3 N–H and O–H groups in total. The van der Waals surface area contributed by atoms with Gasteiger partial charge < -0.3 is 24.4 Å². The zero-order valence-electron chi connectivity index (χ0n) is 35.3. The second kappa shape index (κ2) is 16.1. The molecule has 1 saturated carbocycles. The first-order valence-electron chi connectivity index (χ1n) is 22.0. The number of imide groups is 1. The largest absolute Gasteiger partial charge is 0.477 e. The number of aromatic nitrogens is 5. The van der Waals surface area contributed by atoms with Gasteiger partial charge in [0.25, 0.3) is 5.91 Å². The average molecular weight is 826 g/mol. The number of nitrogens with one attached hydrogen (secondary N) is 3. The van der Waals surface area contributed by atoms with E-state index in [1.54, 1.807) is 10.9 Å². The smallest absolute Gasteiger partial charge is 0.258 e. The lowest BCUT2D eigenvalue weighted by Gasteiger charge is -2.44. The Morgan fingerprint density at radius 3 is 2.44 bits per heavy atom. The van der Waals surface area contributed by atoms with Crippen LogP contribution < -0.4 is 30.5 Å². The van der Waals surface area contributed by atoms with Gasteiger partial charge in [0.05, 0.1) is 35.1 Å². The van der Waals surface area contributed by atoms with Gasteiger partial charge in [0, 0.05) is 93.6 Å². The Kier molecular flexibility index (Phi) is 10.4. The van der Waals surface area contributed by atoms with Crippen molar-refractivity contribution in [1.82, 2.24) is 34.5 Å². The number of piperidine rings is 2. The topological polar surface area (TPSA) is 155 Å². The van der Waals surface area contributed by atoms with Crippen LogP contribution in [0.4, 0.5) is 23.0 Å². The number of aryl methyl sites for hydroxylation is 3. The summed E-state index contributed by atoms with van der Waals surface area (Å²) in [6.45, 7) is 11.4. The fourth-order valence-electron chi connectivity index (χ4n) is 10.4. The number of benzene rings is 2. The SMILES string of the molecule is Cc1cc2cc(n1)-c1cnn(C)c1OC[C@H]1CC[C@H](C1)Cn1c(nc3ccc(N4CCN(C5CCN(c6ccc(NC7CCC(=O)NC7=O)cc6C)CC5)CC4)cc31)NC2=O. The molecule has 3 aromatic heterocycles. The Morgan fingerprint density at radius 1 is 0.820 bits per heavy atom. The van der Waals surface area contributed by atoms with Gasteiger partial charge in [-0.15, -0.1) is 0 Å². The molecule has 3 amide bonds. The molecule has 4 bridgehead atoms. The minimum absolute atomic E-state index is 0.202. The number of ether oxygens (including phenoxy) is 1. The van der Waals surface area contributed by atoms with Gasteiger partial charge in [-0.25, -0.2) is 9.67 Å². The number of anilines is 4. The Labute approximate surface area is 355 Å². The van der Waals surface area contributed by atoms with Gasteiger partial charge in [-0.2, -0.15) is 5.10 Å². The highest BCUT2D eigenvalue weighted by Crippen LogP contribution is 2.37. The fourth-order valence-corrected chi connectivity index (χ4v) is 10.4. The Hall–Kier alpha value is -5.96. The Bertz CT molecular complexity index is 2500. The summed E-state index contributed by atoms with van der Waals surface area (Å²) in [6.07, 6.45) is 8.10. The third-order valence-electron chi connectivity index (χ3n) is 13.7. The third-order valence-corrected chi connectivity index (χ3v) is 13.7. The van der Waals surface area contributed by atoms with Gasteiger partial charge >= 0.3 is 0 Å². The molecule has 3 saturated heterocycles. The first kappa shape index (κ1) is 39.2. The first-order valence-corrected chi connectivity index (χ1v) is 22.0. The predicted molar refractivity (Wildman–Crippen MR) is 235 cm³/mol. The van der Waals surface area contributed by atoms with Crippen molar-refractivity contribution in [3.8, 4) is 17.1 Å². The van der Waals surface area contributed by atoms with Gasteiger partial charge in [-0.05, 0) is 118 Å². The molecule has 4 aliphatic heterocycles. The van der Waals surface area contributed by atoms with E-state index in [-0.39, 0.29) is 23.8 Å². The van der Waals surface area contributed by atoms with Crippen molar-refractivity contribution in [3.63, 3.8) is 0 Å². The maximum Gasteiger partial charge on any atom is 0.258 e. The third kappa shape index (κ3) is 7.91. The molecule has 3 atom stereocenters. The number of piperazine rings is 1. The van der Waals surface area contributed by atoms with E-state index in [0.29, 0.717) is 60.4 Å². The summed E-state index contributed by atoms with van der Waals surface area (Å²) in [6, 6.07) is 16.7. The van der Waals surface area contributed by atoms with Gasteiger partial charge in [0.15, 0.2) is 0 Å². The molecule has 2 aromatic carbocycles. The highest BCUT2D eigenvalue weighted by Gasteiger charge is 2.32. The molecule has 15 nitrogen and oxygen atoms in total. The maximum absolute atomic E-state index is 14.0. The predicted octanol–water partition coefficient (Wildman–Crippen LogP) is 5.52. The van der Waals surface area contributed by atoms with Crippen LogP contribution in [0.15, 0.2) is 54.7 Å². The number of nitrogens with zero attached hydrogens (tertiary/aromatic N) is 8. The fraction of sp³-hybridized carbons (Fsp3) is 0.478. The normalized spacial score (nSPS) is 22.8. The van der Waals surface area contributed by atoms with Crippen LogP contribution in [0.3, 0.4) is 0 Å². The second-order valence-corrected chi connectivity index (χ2v) is 17.8. The number of rotatable bonds is 5. The second-order valence-electron chi connectivity index (χ2n) is 17.8. The summed E-state index contributed by atoms with van der Waals surface area (Å²) in [5.74, 6) is 1.45. The number of imidazole rings is 1. The summed E-state index contributed by atoms with van der Waals surface area (Å²) >= 11 is 0.